The maximum Gasteiger partial charge on any atom is 0.245 e. The van der Waals surface area contributed by atoms with Crippen LogP contribution < -0.4 is 10.6 Å². The van der Waals surface area contributed by atoms with Crippen molar-refractivity contribution >= 4 is 17.7 Å². The Morgan fingerprint density at radius 2 is 1.86 bits per heavy atom. The Morgan fingerprint density at radius 1 is 1.14 bits per heavy atom. The van der Waals surface area contributed by atoms with E-state index in [1.54, 1.807) is 0 Å². The lowest BCUT2D eigenvalue weighted by atomic mass is 9.65. The summed E-state index contributed by atoms with van der Waals surface area (Å²) >= 11 is 0. The SMILES string of the molecule is CCCCNC(=O)C1N(CCO)C(=O)[C@@H]2[C@@H](C(=O)NCCC)[C@@]3(CC)CCC12O3. The molecule has 3 saturated heterocycles. The van der Waals surface area contributed by atoms with E-state index in [0.717, 1.165) is 19.3 Å². The number of amides is 3. The Bertz CT molecular complexity index is 656. The fraction of sp³-hybridized carbons (Fsp3) is 0.857. The van der Waals surface area contributed by atoms with Crippen molar-refractivity contribution in [2.45, 2.75) is 76.5 Å². The lowest BCUT2D eigenvalue weighted by Gasteiger charge is -2.33. The van der Waals surface area contributed by atoms with Crippen LogP contribution in [0.2, 0.25) is 0 Å². The highest BCUT2D eigenvalue weighted by molar-refractivity contribution is 5.99. The lowest BCUT2D eigenvalue weighted by Crippen LogP contribution is -2.55. The summed E-state index contributed by atoms with van der Waals surface area (Å²) in [6, 6.07) is -0.804. The van der Waals surface area contributed by atoms with Gasteiger partial charge < -0.3 is 25.4 Å². The summed E-state index contributed by atoms with van der Waals surface area (Å²) in [5, 5.41) is 15.4. The molecular weight excluding hydrogens is 374 g/mol. The summed E-state index contributed by atoms with van der Waals surface area (Å²) in [6.07, 6.45) is 4.46. The van der Waals surface area contributed by atoms with Crippen molar-refractivity contribution < 1.29 is 24.2 Å². The molecule has 0 radical (unpaired) electrons. The van der Waals surface area contributed by atoms with Crippen LogP contribution in [0, 0.1) is 11.8 Å². The van der Waals surface area contributed by atoms with Crippen LogP contribution >= 0.6 is 0 Å². The third-order valence-corrected chi connectivity index (χ3v) is 6.93. The molecule has 3 amide bonds. The van der Waals surface area contributed by atoms with Crippen LogP contribution in [-0.4, -0.2) is 71.2 Å². The van der Waals surface area contributed by atoms with Gasteiger partial charge in [0.1, 0.15) is 11.6 Å². The summed E-state index contributed by atoms with van der Waals surface area (Å²) < 4.78 is 6.56. The summed E-state index contributed by atoms with van der Waals surface area (Å²) in [4.78, 5) is 41.1. The van der Waals surface area contributed by atoms with Crippen LogP contribution in [0.5, 0.6) is 0 Å². The largest absolute Gasteiger partial charge is 0.395 e. The maximum absolute atomic E-state index is 13.4. The first-order valence-corrected chi connectivity index (χ1v) is 11.1. The van der Waals surface area contributed by atoms with Gasteiger partial charge in [0.25, 0.3) is 0 Å². The van der Waals surface area contributed by atoms with E-state index in [-0.39, 0.29) is 30.9 Å². The molecule has 0 saturated carbocycles. The van der Waals surface area contributed by atoms with Crippen LogP contribution in [0.4, 0.5) is 0 Å². The molecule has 3 rings (SSSR count). The van der Waals surface area contributed by atoms with Gasteiger partial charge in [0.05, 0.1) is 24.0 Å². The molecular formula is C21H35N3O5. The van der Waals surface area contributed by atoms with Gasteiger partial charge in [-0.05, 0) is 32.1 Å². The fourth-order valence-corrected chi connectivity index (χ4v) is 5.61. The minimum absolute atomic E-state index is 0.0642. The summed E-state index contributed by atoms with van der Waals surface area (Å²) in [7, 11) is 0. The van der Waals surface area contributed by atoms with Gasteiger partial charge >= 0.3 is 0 Å². The molecule has 3 aliphatic rings. The molecule has 1 spiro atoms. The summed E-state index contributed by atoms with van der Waals surface area (Å²) in [6.45, 7) is 6.91. The van der Waals surface area contributed by atoms with Crippen molar-refractivity contribution in [3.63, 3.8) is 0 Å². The molecule has 8 nitrogen and oxygen atoms in total. The molecule has 3 fully saturated rings. The Balaban J connectivity index is 1.97. The molecule has 0 aromatic rings. The van der Waals surface area contributed by atoms with E-state index in [0.29, 0.717) is 32.4 Å². The Morgan fingerprint density at radius 3 is 2.48 bits per heavy atom. The number of ether oxygens (including phenoxy) is 1. The van der Waals surface area contributed by atoms with Crippen LogP contribution in [0.1, 0.15) is 59.3 Å². The first-order valence-electron chi connectivity index (χ1n) is 11.1. The van der Waals surface area contributed by atoms with E-state index in [1.807, 2.05) is 20.8 Å². The third kappa shape index (κ3) is 3.34. The zero-order chi connectivity index (χ0) is 21.2. The zero-order valence-corrected chi connectivity index (χ0v) is 17.8. The summed E-state index contributed by atoms with van der Waals surface area (Å²) in [5.41, 5.74) is -1.70. The molecule has 164 valence electrons. The fourth-order valence-electron chi connectivity index (χ4n) is 5.61. The highest BCUT2D eigenvalue weighted by Crippen LogP contribution is 2.64. The molecule has 2 bridgehead atoms. The molecule has 5 atom stereocenters. The van der Waals surface area contributed by atoms with Crippen molar-refractivity contribution in [1.29, 1.82) is 0 Å². The number of unbranched alkanes of at least 4 members (excludes halogenated alkanes) is 1. The van der Waals surface area contributed by atoms with Crippen molar-refractivity contribution in [2.75, 3.05) is 26.2 Å². The molecule has 29 heavy (non-hydrogen) atoms. The average molecular weight is 410 g/mol. The van der Waals surface area contributed by atoms with Gasteiger partial charge in [-0.25, -0.2) is 0 Å². The van der Waals surface area contributed by atoms with Gasteiger partial charge in [0, 0.05) is 19.6 Å². The number of rotatable bonds is 10. The first-order chi connectivity index (χ1) is 13.9. The number of aliphatic hydroxyl groups is 1. The molecule has 2 unspecified atom stereocenters. The number of nitrogens with zero attached hydrogens (tertiary/aromatic N) is 1. The molecule has 0 aromatic carbocycles. The predicted molar refractivity (Wildman–Crippen MR) is 107 cm³/mol. The minimum Gasteiger partial charge on any atom is -0.395 e. The van der Waals surface area contributed by atoms with Crippen molar-refractivity contribution in [3.05, 3.63) is 0 Å². The number of hydrogen-bond acceptors (Lipinski definition) is 5. The molecule has 0 aliphatic carbocycles. The second-order valence-corrected chi connectivity index (χ2v) is 8.52. The van der Waals surface area contributed by atoms with Crippen LogP contribution in [0.25, 0.3) is 0 Å². The number of carbonyl (C=O) groups excluding carboxylic acids is 3. The van der Waals surface area contributed by atoms with E-state index in [4.69, 9.17) is 4.74 Å². The maximum atomic E-state index is 13.4. The van der Waals surface area contributed by atoms with Crippen molar-refractivity contribution in [3.8, 4) is 0 Å². The quantitative estimate of drug-likeness (QED) is 0.458. The molecule has 3 heterocycles. The molecule has 0 aromatic heterocycles. The molecule has 8 heteroatoms. The molecule has 3 N–H and O–H groups in total. The Hall–Kier alpha value is -1.67. The number of likely N-dealkylation sites (tertiary alicyclic amines) is 1. The highest BCUT2D eigenvalue weighted by Gasteiger charge is 2.78. The average Bonchev–Trinajstić information content (AvgIpc) is 3.31. The number of nitrogens with one attached hydrogen (secondary N) is 2. The van der Waals surface area contributed by atoms with E-state index < -0.39 is 29.1 Å². The number of aliphatic hydroxyl groups excluding tert-OH is 1. The second-order valence-electron chi connectivity index (χ2n) is 8.52. The Labute approximate surface area is 172 Å². The zero-order valence-electron chi connectivity index (χ0n) is 17.8. The van der Waals surface area contributed by atoms with E-state index in [2.05, 4.69) is 10.6 Å². The van der Waals surface area contributed by atoms with Crippen LogP contribution in [-0.2, 0) is 19.1 Å². The standard InChI is InChI=1S/C21H35N3O5/c1-4-7-11-23-18(27)16-21-9-8-20(6-3,29-21)14(17(26)22-10-5-2)15(21)19(28)24(16)12-13-25/h14-16,25H,4-13H2,1-3H3,(H,22,26)(H,23,27)/t14-,15-,16?,20+,21?/m0/s1. The molecule has 3 aliphatic heterocycles. The lowest BCUT2D eigenvalue weighted by molar-refractivity contribution is -0.148. The first kappa shape index (κ1) is 22.0. The van der Waals surface area contributed by atoms with Gasteiger partial charge in [0.15, 0.2) is 0 Å². The predicted octanol–water partition coefficient (Wildman–Crippen LogP) is 0.576. The van der Waals surface area contributed by atoms with E-state index in [9.17, 15) is 19.5 Å². The number of carbonyl (C=O) groups is 3. The van der Waals surface area contributed by atoms with Gasteiger partial charge in [-0.15, -0.1) is 0 Å². The van der Waals surface area contributed by atoms with E-state index >= 15 is 0 Å². The van der Waals surface area contributed by atoms with Crippen LogP contribution in [0.3, 0.4) is 0 Å². The van der Waals surface area contributed by atoms with Crippen LogP contribution in [0.15, 0.2) is 0 Å². The number of fused-ring (bicyclic) bond motifs is 1. The summed E-state index contributed by atoms with van der Waals surface area (Å²) in [5.74, 6) is -1.94. The van der Waals surface area contributed by atoms with Gasteiger partial charge in [-0.2, -0.15) is 0 Å². The second kappa shape index (κ2) is 8.60. The van der Waals surface area contributed by atoms with Crippen molar-refractivity contribution in [2.24, 2.45) is 11.8 Å². The van der Waals surface area contributed by atoms with Gasteiger partial charge in [0.2, 0.25) is 17.7 Å². The highest BCUT2D eigenvalue weighted by atomic mass is 16.5. The smallest absolute Gasteiger partial charge is 0.245 e. The number of hydrogen-bond donors (Lipinski definition) is 3. The van der Waals surface area contributed by atoms with E-state index in [1.165, 1.54) is 4.90 Å². The minimum atomic E-state index is -0.993. The number of β-amino-alcohol motifs (C(OH)–C–C–N with tert-alkyl or cyclic N) is 1. The third-order valence-electron chi connectivity index (χ3n) is 6.93. The normalized spacial score (nSPS) is 35.1. The van der Waals surface area contributed by atoms with Crippen molar-refractivity contribution in [1.82, 2.24) is 15.5 Å². The topological polar surface area (TPSA) is 108 Å². The Kier molecular flexibility index (Phi) is 6.53. The van der Waals surface area contributed by atoms with Gasteiger partial charge in [-0.1, -0.05) is 27.2 Å². The monoisotopic (exact) mass is 409 g/mol. The van der Waals surface area contributed by atoms with Gasteiger partial charge in [-0.3, -0.25) is 14.4 Å².